The van der Waals surface area contributed by atoms with Gasteiger partial charge < -0.3 is 4.74 Å². The summed E-state index contributed by atoms with van der Waals surface area (Å²) in [6.45, 7) is 2.18. The molecule has 12 heavy (non-hydrogen) atoms. The second-order valence-electron chi connectivity index (χ2n) is 2.40. The third-order valence-electron chi connectivity index (χ3n) is 1.37. The number of esters is 1. The number of thioether (sulfide) groups is 1. The molecule has 0 saturated heterocycles. The molecule has 0 atom stereocenters. The number of carbonyl (C=O) groups excluding carboxylic acids is 1. The third-order valence-corrected chi connectivity index (χ3v) is 2.22. The van der Waals surface area contributed by atoms with Gasteiger partial charge in [0.15, 0.2) is 0 Å². The van der Waals surface area contributed by atoms with Crippen molar-refractivity contribution in [2.45, 2.75) is 26.2 Å². The summed E-state index contributed by atoms with van der Waals surface area (Å²) in [5.74, 6) is 0.805. The molecule has 0 fully saturated rings. The van der Waals surface area contributed by atoms with E-state index in [2.05, 4.69) is 11.7 Å². The number of carbonyl (C=O) groups is 1. The Morgan fingerprint density at radius 2 is 2.25 bits per heavy atom. The van der Waals surface area contributed by atoms with E-state index in [9.17, 15) is 4.79 Å². The van der Waals surface area contributed by atoms with Gasteiger partial charge in [-0.15, -0.1) is 11.8 Å². The molecule has 0 spiro atoms. The van der Waals surface area contributed by atoms with Crippen molar-refractivity contribution in [3.63, 3.8) is 0 Å². The summed E-state index contributed by atoms with van der Waals surface area (Å²) >= 11 is 1.66. The van der Waals surface area contributed by atoms with E-state index in [1.54, 1.807) is 17.2 Å². The minimum absolute atomic E-state index is 0.280. The molecule has 0 aliphatic rings. The van der Waals surface area contributed by atoms with E-state index in [0.29, 0.717) is 0 Å². The fraction of sp³-hybridized carbons (Fsp3) is 0.667. The Morgan fingerprint density at radius 1 is 1.50 bits per heavy atom. The minimum atomic E-state index is -0.280. The topological polar surface area (TPSA) is 26.3 Å². The Bertz CT molecular complexity index is 143. The Kier molecular flexibility index (Phi) is 8.34. The number of ether oxygens (including phenoxy) is 1. The van der Waals surface area contributed by atoms with Crippen molar-refractivity contribution in [3.8, 4) is 0 Å². The average Bonchev–Trinajstić information content (AvgIpc) is 2.10. The van der Waals surface area contributed by atoms with Crippen LogP contribution in [0.4, 0.5) is 0 Å². The predicted octanol–water partition coefficient (Wildman–Crippen LogP) is 2.60. The van der Waals surface area contributed by atoms with Gasteiger partial charge in [0.1, 0.15) is 0 Å². The molecule has 0 rings (SSSR count). The monoisotopic (exact) mass is 188 g/mol. The Balaban J connectivity index is 3.18. The first-order valence-electron chi connectivity index (χ1n) is 4.17. The lowest BCUT2D eigenvalue weighted by Gasteiger charge is -1.93. The Labute approximate surface area is 78.4 Å². The molecule has 0 aliphatic heterocycles. The zero-order valence-electron chi connectivity index (χ0n) is 7.71. The van der Waals surface area contributed by atoms with Gasteiger partial charge >= 0.3 is 5.97 Å². The molecule has 0 radical (unpaired) electrons. The Morgan fingerprint density at radius 3 is 2.83 bits per heavy atom. The van der Waals surface area contributed by atoms with Crippen molar-refractivity contribution < 1.29 is 9.53 Å². The van der Waals surface area contributed by atoms with Gasteiger partial charge in [0, 0.05) is 6.08 Å². The second-order valence-corrected chi connectivity index (χ2v) is 3.42. The zero-order chi connectivity index (χ0) is 9.23. The van der Waals surface area contributed by atoms with E-state index in [-0.39, 0.29) is 5.97 Å². The average molecular weight is 188 g/mol. The van der Waals surface area contributed by atoms with Crippen molar-refractivity contribution in [2.75, 3.05) is 12.9 Å². The maximum atomic E-state index is 10.6. The van der Waals surface area contributed by atoms with Gasteiger partial charge in [-0.3, -0.25) is 0 Å². The molecule has 2 nitrogen and oxygen atoms in total. The number of rotatable bonds is 6. The molecule has 3 heteroatoms. The molecule has 70 valence electrons. The normalized spacial score (nSPS) is 10.5. The maximum Gasteiger partial charge on any atom is 0.330 e. The molecule has 0 N–H and O–H groups in total. The minimum Gasteiger partial charge on any atom is -0.466 e. The predicted molar refractivity (Wildman–Crippen MR) is 53.1 cm³/mol. The van der Waals surface area contributed by atoms with Crippen LogP contribution in [-0.2, 0) is 9.53 Å². The van der Waals surface area contributed by atoms with Crippen LogP contribution in [0, 0.1) is 0 Å². The highest BCUT2D eigenvalue weighted by molar-refractivity contribution is 8.02. The summed E-state index contributed by atoms with van der Waals surface area (Å²) in [6, 6.07) is 0. The Hall–Kier alpha value is -0.440. The van der Waals surface area contributed by atoms with Crippen LogP contribution in [0.3, 0.4) is 0 Å². The van der Waals surface area contributed by atoms with Crippen LogP contribution in [-0.4, -0.2) is 18.8 Å². The van der Waals surface area contributed by atoms with Crippen LogP contribution in [0.2, 0.25) is 0 Å². The lowest BCUT2D eigenvalue weighted by atomic mass is 10.3. The fourth-order valence-electron chi connectivity index (χ4n) is 0.675. The van der Waals surface area contributed by atoms with Gasteiger partial charge in [-0.25, -0.2) is 4.79 Å². The zero-order valence-corrected chi connectivity index (χ0v) is 8.52. The molecule has 0 aromatic carbocycles. The molecule has 0 amide bonds. The van der Waals surface area contributed by atoms with Gasteiger partial charge in [-0.1, -0.05) is 19.8 Å². The van der Waals surface area contributed by atoms with E-state index in [4.69, 9.17) is 0 Å². The molecular weight excluding hydrogens is 172 g/mol. The van der Waals surface area contributed by atoms with Crippen molar-refractivity contribution >= 4 is 17.7 Å². The van der Waals surface area contributed by atoms with E-state index in [0.717, 1.165) is 5.75 Å². The molecule has 0 unspecified atom stereocenters. The maximum absolute atomic E-state index is 10.6. The summed E-state index contributed by atoms with van der Waals surface area (Å²) in [6.07, 6.45) is 5.17. The summed E-state index contributed by atoms with van der Waals surface area (Å²) in [5, 5.41) is 1.79. The van der Waals surface area contributed by atoms with Crippen LogP contribution >= 0.6 is 11.8 Å². The summed E-state index contributed by atoms with van der Waals surface area (Å²) < 4.78 is 4.44. The van der Waals surface area contributed by atoms with Crippen LogP contribution < -0.4 is 0 Å². The van der Waals surface area contributed by atoms with E-state index < -0.39 is 0 Å². The number of hydrogen-bond acceptors (Lipinski definition) is 3. The third kappa shape index (κ3) is 7.66. The highest BCUT2D eigenvalue weighted by Crippen LogP contribution is 2.07. The lowest BCUT2D eigenvalue weighted by Crippen LogP contribution is -1.92. The summed E-state index contributed by atoms with van der Waals surface area (Å²) in [5.41, 5.74) is 0. The first-order chi connectivity index (χ1) is 5.81. The lowest BCUT2D eigenvalue weighted by molar-refractivity contribution is -0.134. The molecule has 0 heterocycles. The van der Waals surface area contributed by atoms with Crippen LogP contribution in [0.15, 0.2) is 11.5 Å². The van der Waals surface area contributed by atoms with Crippen molar-refractivity contribution in [3.05, 3.63) is 11.5 Å². The standard InChI is InChI=1S/C9H16O2S/c1-3-4-5-7-12-8-6-9(10)11-2/h6,8H,3-5,7H2,1-2H3/b8-6-. The van der Waals surface area contributed by atoms with Gasteiger partial charge in [0.25, 0.3) is 0 Å². The second kappa shape index (κ2) is 8.65. The van der Waals surface area contributed by atoms with Crippen LogP contribution in [0.1, 0.15) is 26.2 Å². The van der Waals surface area contributed by atoms with Gasteiger partial charge in [0.2, 0.25) is 0 Å². The van der Waals surface area contributed by atoms with Crippen molar-refractivity contribution in [1.29, 1.82) is 0 Å². The van der Waals surface area contributed by atoms with E-state index >= 15 is 0 Å². The quantitative estimate of drug-likeness (QED) is 0.364. The fourth-order valence-corrected chi connectivity index (χ4v) is 1.39. The molecular formula is C9H16O2S. The highest BCUT2D eigenvalue weighted by atomic mass is 32.2. The van der Waals surface area contributed by atoms with E-state index in [1.165, 1.54) is 32.4 Å². The van der Waals surface area contributed by atoms with Crippen molar-refractivity contribution in [2.24, 2.45) is 0 Å². The molecule has 0 aromatic rings. The van der Waals surface area contributed by atoms with Gasteiger partial charge in [0.05, 0.1) is 7.11 Å². The molecule has 0 saturated carbocycles. The van der Waals surface area contributed by atoms with Crippen LogP contribution in [0.5, 0.6) is 0 Å². The van der Waals surface area contributed by atoms with Crippen molar-refractivity contribution in [1.82, 2.24) is 0 Å². The van der Waals surface area contributed by atoms with E-state index in [1.807, 2.05) is 0 Å². The van der Waals surface area contributed by atoms with Gasteiger partial charge in [-0.05, 0) is 17.6 Å². The summed E-state index contributed by atoms with van der Waals surface area (Å²) in [7, 11) is 1.38. The van der Waals surface area contributed by atoms with Crippen LogP contribution in [0.25, 0.3) is 0 Å². The SMILES string of the molecule is CCCCCS/C=C\C(=O)OC. The number of hydrogen-bond donors (Lipinski definition) is 0. The first kappa shape index (κ1) is 11.6. The number of methoxy groups -OCH3 is 1. The van der Waals surface area contributed by atoms with Gasteiger partial charge in [-0.2, -0.15) is 0 Å². The largest absolute Gasteiger partial charge is 0.466 e. The summed E-state index contributed by atoms with van der Waals surface area (Å²) in [4.78, 5) is 10.6. The highest BCUT2D eigenvalue weighted by Gasteiger charge is 1.89. The molecule has 0 aliphatic carbocycles. The molecule has 0 bridgehead atoms. The first-order valence-corrected chi connectivity index (χ1v) is 5.22. The number of unbranched alkanes of at least 4 members (excludes halogenated alkanes) is 2. The molecule has 0 aromatic heterocycles. The smallest absolute Gasteiger partial charge is 0.330 e.